The van der Waals surface area contributed by atoms with Crippen LogP contribution < -0.4 is 0 Å². The van der Waals surface area contributed by atoms with Gasteiger partial charge in [-0.1, -0.05) is 0 Å². The second-order valence-corrected chi connectivity index (χ2v) is 2.97. The van der Waals surface area contributed by atoms with E-state index in [2.05, 4.69) is 4.98 Å². The molecule has 16 heavy (non-hydrogen) atoms. The number of aromatic nitrogens is 1. The molecule has 1 heterocycles. The Morgan fingerprint density at radius 3 is 2.69 bits per heavy atom. The molecule has 0 saturated heterocycles. The van der Waals surface area contributed by atoms with Gasteiger partial charge in [0.2, 0.25) is 0 Å². The summed E-state index contributed by atoms with van der Waals surface area (Å²) in [6.07, 6.45) is -2.88. The average molecular weight is 248 g/mol. The molecule has 0 aromatic carbocycles. The van der Waals surface area contributed by atoms with E-state index in [0.717, 1.165) is 6.07 Å². The van der Waals surface area contributed by atoms with Crippen molar-refractivity contribution in [3.05, 3.63) is 33.0 Å². The molecule has 1 rings (SSSR count). The number of hydrogen-bond donors (Lipinski definition) is 0. The first-order valence-electron chi connectivity index (χ1n) is 3.93. The van der Waals surface area contributed by atoms with Gasteiger partial charge in [0.05, 0.1) is 11.4 Å². The predicted molar refractivity (Wildman–Crippen MR) is 50.1 cm³/mol. The summed E-state index contributed by atoms with van der Waals surface area (Å²) < 4.78 is 25.0. The summed E-state index contributed by atoms with van der Waals surface area (Å²) in [4.78, 5) is 12.9. The van der Waals surface area contributed by atoms with Gasteiger partial charge in [0, 0.05) is 0 Å². The summed E-state index contributed by atoms with van der Waals surface area (Å²) in [6.45, 7) is 0. The van der Waals surface area contributed by atoms with Crippen LogP contribution in [0.15, 0.2) is 6.07 Å². The number of halogens is 3. The minimum absolute atomic E-state index is 0.289. The van der Waals surface area contributed by atoms with Crippen LogP contribution in [0.2, 0.25) is 0 Å². The zero-order valence-corrected chi connectivity index (χ0v) is 8.41. The fourth-order valence-corrected chi connectivity index (χ4v) is 1.29. The highest BCUT2D eigenvalue weighted by atomic mass is 35.5. The lowest BCUT2D eigenvalue weighted by Gasteiger charge is -2.03. The molecule has 5 nitrogen and oxygen atoms in total. The molecule has 0 amide bonds. The van der Waals surface area contributed by atoms with Gasteiger partial charge in [-0.05, 0) is 16.0 Å². The monoisotopic (exact) mass is 247 g/mol. The van der Waals surface area contributed by atoms with E-state index in [1.165, 1.54) is 6.07 Å². The molecule has 0 saturated carbocycles. The van der Waals surface area contributed by atoms with Gasteiger partial charge >= 0.3 is 5.82 Å². The molecule has 0 bridgehead atoms. The molecule has 0 atom stereocenters. The van der Waals surface area contributed by atoms with Gasteiger partial charge in [0.15, 0.2) is 11.3 Å². The van der Waals surface area contributed by atoms with Gasteiger partial charge in [0.1, 0.15) is 6.07 Å². The van der Waals surface area contributed by atoms with Gasteiger partial charge < -0.3 is 10.1 Å². The van der Waals surface area contributed by atoms with Crippen molar-refractivity contribution in [3.8, 4) is 6.07 Å². The van der Waals surface area contributed by atoms with Crippen LogP contribution in [0.4, 0.5) is 14.6 Å². The van der Waals surface area contributed by atoms with E-state index in [1.54, 1.807) is 0 Å². The van der Waals surface area contributed by atoms with Crippen LogP contribution >= 0.6 is 11.6 Å². The van der Waals surface area contributed by atoms with Crippen molar-refractivity contribution < 1.29 is 13.7 Å². The fourth-order valence-electron chi connectivity index (χ4n) is 1.07. The summed E-state index contributed by atoms with van der Waals surface area (Å²) in [7, 11) is 0. The van der Waals surface area contributed by atoms with Crippen molar-refractivity contribution in [1.82, 2.24) is 4.98 Å². The van der Waals surface area contributed by atoms with Crippen LogP contribution in [-0.2, 0) is 5.88 Å². The summed E-state index contributed by atoms with van der Waals surface area (Å²) in [5.41, 5.74) is -1.35. The quantitative estimate of drug-likeness (QED) is 0.467. The average Bonchev–Trinajstić information content (AvgIpc) is 2.26. The van der Waals surface area contributed by atoms with Crippen molar-refractivity contribution in [2.45, 2.75) is 12.3 Å². The smallest absolute Gasteiger partial charge is 0.358 e. The van der Waals surface area contributed by atoms with Crippen molar-refractivity contribution >= 4 is 17.4 Å². The van der Waals surface area contributed by atoms with Gasteiger partial charge in [-0.3, -0.25) is 0 Å². The zero-order chi connectivity index (χ0) is 12.3. The number of hydrogen-bond acceptors (Lipinski definition) is 4. The van der Waals surface area contributed by atoms with Crippen LogP contribution in [0.3, 0.4) is 0 Å². The third-order valence-electron chi connectivity index (χ3n) is 1.77. The van der Waals surface area contributed by atoms with E-state index >= 15 is 0 Å². The normalized spacial score (nSPS) is 10.2. The van der Waals surface area contributed by atoms with Crippen molar-refractivity contribution in [3.63, 3.8) is 0 Å². The molecule has 0 fully saturated rings. The van der Waals surface area contributed by atoms with E-state index in [0.29, 0.717) is 0 Å². The van der Waals surface area contributed by atoms with Crippen LogP contribution in [0, 0.1) is 21.4 Å². The molecule has 0 aliphatic carbocycles. The Labute approximate surface area is 93.4 Å². The lowest BCUT2D eigenvalue weighted by molar-refractivity contribution is -0.389. The van der Waals surface area contributed by atoms with E-state index in [9.17, 15) is 18.9 Å². The number of nitrogens with zero attached hydrogens (tertiary/aromatic N) is 3. The zero-order valence-electron chi connectivity index (χ0n) is 7.65. The van der Waals surface area contributed by atoms with E-state index in [4.69, 9.17) is 16.9 Å². The van der Waals surface area contributed by atoms with Crippen molar-refractivity contribution in [1.29, 1.82) is 5.26 Å². The second-order valence-electron chi connectivity index (χ2n) is 2.70. The Balaban J connectivity index is 3.48. The molecule has 1 aromatic heterocycles. The lowest BCUT2D eigenvalue weighted by Crippen LogP contribution is -2.03. The number of nitriles is 1. The fraction of sp³-hybridized carbons (Fsp3) is 0.250. The Kier molecular flexibility index (Phi) is 3.68. The number of pyridine rings is 1. The summed E-state index contributed by atoms with van der Waals surface area (Å²) in [5.74, 6) is -1.14. The highest BCUT2D eigenvalue weighted by molar-refractivity contribution is 6.17. The molecule has 84 valence electrons. The van der Waals surface area contributed by atoms with Gasteiger partial charge in [-0.15, -0.1) is 11.6 Å². The molecular formula is C8H4ClF2N3O2. The summed E-state index contributed by atoms with van der Waals surface area (Å²) in [5, 5.41) is 19.1. The lowest BCUT2D eigenvalue weighted by atomic mass is 10.1. The minimum atomic E-state index is -2.88. The third kappa shape index (κ3) is 2.23. The first-order chi connectivity index (χ1) is 7.51. The molecule has 8 heteroatoms. The van der Waals surface area contributed by atoms with E-state index < -0.39 is 28.3 Å². The molecule has 0 radical (unpaired) electrons. The SMILES string of the molecule is N#Cc1cc(C(F)F)c(CCl)nc1[N+](=O)[O-]. The Morgan fingerprint density at radius 1 is 1.69 bits per heavy atom. The maximum Gasteiger partial charge on any atom is 0.381 e. The molecule has 0 spiro atoms. The Hall–Kier alpha value is -1.81. The van der Waals surface area contributed by atoms with Crippen molar-refractivity contribution in [2.24, 2.45) is 0 Å². The highest BCUT2D eigenvalue weighted by Crippen LogP contribution is 2.27. The summed E-state index contributed by atoms with van der Waals surface area (Å²) >= 11 is 5.35. The van der Waals surface area contributed by atoms with E-state index in [-0.39, 0.29) is 11.6 Å². The highest BCUT2D eigenvalue weighted by Gasteiger charge is 2.25. The largest absolute Gasteiger partial charge is 0.381 e. The maximum atomic E-state index is 12.5. The van der Waals surface area contributed by atoms with Gasteiger partial charge in [-0.2, -0.15) is 5.26 Å². The second kappa shape index (κ2) is 4.81. The molecule has 0 N–H and O–H groups in total. The molecule has 0 unspecified atom stereocenters. The first kappa shape index (κ1) is 12.3. The Bertz CT molecular complexity index is 473. The predicted octanol–water partition coefficient (Wildman–Crippen LogP) is 2.54. The molecule has 0 aliphatic heterocycles. The standard InChI is InChI=1S/C8H4ClF2N3O2/c9-2-6-5(7(10)11)1-4(3-12)8(13-6)14(15)16/h1,7H,2H2. The topological polar surface area (TPSA) is 79.8 Å². The molecular weight excluding hydrogens is 244 g/mol. The minimum Gasteiger partial charge on any atom is -0.358 e. The summed E-state index contributed by atoms with van der Waals surface area (Å²) in [6, 6.07) is 2.19. The van der Waals surface area contributed by atoms with Crippen molar-refractivity contribution in [2.75, 3.05) is 0 Å². The maximum absolute atomic E-state index is 12.5. The number of rotatable bonds is 3. The third-order valence-corrected chi connectivity index (χ3v) is 2.02. The van der Waals surface area contributed by atoms with Crippen LogP contribution in [-0.4, -0.2) is 9.91 Å². The van der Waals surface area contributed by atoms with Crippen LogP contribution in [0.1, 0.15) is 23.2 Å². The number of alkyl halides is 3. The van der Waals surface area contributed by atoms with Gasteiger partial charge in [0.25, 0.3) is 6.43 Å². The van der Waals surface area contributed by atoms with Crippen LogP contribution in [0.25, 0.3) is 0 Å². The van der Waals surface area contributed by atoms with Gasteiger partial charge in [-0.25, -0.2) is 8.78 Å². The van der Waals surface area contributed by atoms with E-state index in [1.807, 2.05) is 0 Å². The Morgan fingerprint density at radius 2 is 2.31 bits per heavy atom. The first-order valence-corrected chi connectivity index (χ1v) is 4.47. The molecule has 1 aromatic rings. The number of nitro groups is 1. The van der Waals surface area contributed by atoms with Crippen LogP contribution in [0.5, 0.6) is 0 Å². The molecule has 0 aliphatic rings.